The monoisotopic (exact) mass is 417 g/mol. The molecule has 1 fully saturated rings. The number of carbonyl (C=O) groups excluding carboxylic acids is 1. The standard InChI is InChI=1S/C20H21F2N5O3/c1-10-14-4-12(21)5-15(22)18(14)30-17(10)8-25-20(29)26-13-6-23-19(24-7-13)27-16(9-28)11-2-3-11/h4-7,11,16,28H,2-3,8-9H2,1H3,(H,23,24,27)(H2,25,26,29). The number of anilines is 2. The van der Waals surface area contributed by atoms with Gasteiger partial charge in [-0.1, -0.05) is 0 Å². The van der Waals surface area contributed by atoms with Gasteiger partial charge in [-0.2, -0.15) is 0 Å². The van der Waals surface area contributed by atoms with E-state index in [1.54, 1.807) is 6.92 Å². The van der Waals surface area contributed by atoms with E-state index in [0.29, 0.717) is 34.3 Å². The number of aromatic nitrogens is 2. The van der Waals surface area contributed by atoms with Crippen molar-refractivity contribution in [1.82, 2.24) is 15.3 Å². The highest BCUT2D eigenvalue weighted by Gasteiger charge is 2.31. The molecule has 0 saturated heterocycles. The molecule has 1 aliphatic carbocycles. The van der Waals surface area contributed by atoms with Gasteiger partial charge in [0.05, 0.1) is 37.3 Å². The first-order valence-corrected chi connectivity index (χ1v) is 9.56. The summed E-state index contributed by atoms with van der Waals surface area (Å²) in [4.78, 5) is 20.4. The van der Waals surface area contributed by atoms with Crippen LogP contribution in [0, 0.1) is 24.5 Å². The molecule has 0 aliphatic heterocycles. The number of carbonyl (C=O) groups is 1. The van der Waals surface area contributed by atoms with Crippen LogP contribution in [0.5, 0.6) is 0 Å². The minimum absolute atomic E-state index is 0.00648. The van der Waals surface area contributed by atoms with Crippen LogP contribution in [-0.2, 0) is 6.54 Å². The van der Waals surface area contributed by atoms with Crippen molar-refractivity contribution in [3.8, 4) is 0 Å². The number of halogens is 2. The molecule has 0 radical (unpaired) electrons. The highest BCUT2D eigenvalue weighted by Crippen LogP contribution is 2.33. The number of hydrogen-bond donors (Lipinski definition) is 4. The van der Waals surface area contributed by atoms with Crippen LogP contribution in [0.3, 0.4) is 0 Å². The van der Waals surface area contributed by atoms with Gasteiger partial charge < -0.3 is 25.5 Å². The summed E-state index contributed by atoms with van der Waals surface area (Å²) in [5, 5.41) is 18.0. The Balaban J connectivity index is 1.34. The van der Waals surface area contributed by atoms with Crippen LogP contribution in [-0.4, -0.2) is 33.8 Å². The Morgan fingerprint density at radius 3 is 2.70 bits per heavy atom. The zero-order valence-electron chi connectivity index (χ0n) is 16.2. The maximum atomic E-state index is 13.8. The lowest BCUT2D eigenvalue weighted by molar-refractivity contribution is 0.251. The number of hydrogen-bond acceptors (Lipinski definition) is 6. The normalized spacial score (nSPS) is 14.5. The average Bonchev–Trinajstić information content (AvgIpc) is 3.51. The van der Waals surface area contributed by atoms with Gasteiger partial charge in [0.1, 0.15) is 11.6 Å². The number of rotatable bonds is 7. The zero-order chi connectivity index (χ0) is 21.3. The van der Waals surface area contributed by atoms with E-state index in [4.69, 9.17) is 4.42 Å². The fourth-order valence-corrected chi connectivity index (χ4v) is 3.24. The molecule has 1 aliphatic rings. The predicted molar refractivity (Wildman–Crippen MR) is 106 cm³/mol. The third-order valence-electron chi connectivity index (χ3n) is 5.08. The smallest absolute Gasteiger partial charge is 0.319 e. The molecule has 0 spiro atoms. The van der Waals surface area contributed by atoms with Crippen molar-refractivity contribution in [2.75, 3.05) is 17.2 Å². The van der Waals surface area contributed by atoms with E-state index in [9.17, 15) is 18.7 Å². The Kier molecular flexibility index (Phi) is 5.49. The zero-order valence-corrected chi connectivity index (χ0v) is 16.2. The van der Waals surface area contributed by atoms with E-state index >= 15 is 0 Å². The maximum absolute atomic E-state index is 13.8. The quantitative estimate of drug-likeness (QED) is 0.469. The summed E-state index contributed by atoms with van der Waals surface area (Å²) >= 11 is 0. The van der Waals surface area contributed by atoms with E-state index in [1.807, 2.05) is 0 Å². The van der Waals surface area contributed by atoms with Crippen LogP contribution in [0.4, 0.5) is 25.2 Å². The lowest BCUT2D eigenvalue weighted by Gasteiger charge is -2.15. The minimum atomic E-state index is -0.792. The molecule has 30 heavy (non-hydrogen) atoms. The number of amides is 2. The molecule has 1 saturated carbocycles. The van der Waals surface area contributed by atoms with Crippen LogP contribution in [0.25, 0.3) is 11.0 Å². The minimum Gasteiger partial charge on any atom is -0.456 e. The fraction of sp³-hybridized carbons (Fsp3) is 0.350. The van der Waals surface area contributed by atoms with Gasteiger partial charge in [0.2, 0.25) is 5.95 Å². The second kappa shape index (κ2) is 8.23. The molecule has 1 unspecified atom stereocenters. The van der Waals surface area contributed by atoms with Crippen LogP contribution < -0.4 is 16.0 Å². The number of nitrogens with zero attached hydrogens (tertiary/aromatic N) is 2. The lowest BCUT2D eigenvalue weighted by atomic mass is 10.1. The Hall–Kier alpha value is -3.27. The molecular formula is C20H21F2N5O3. The summed E-state index contributed by atoms with van der Waals surface area (Å²) in [6.45, 7) is 1.67. The number of nitrogens with one attached hydrogen (secondary N) is 3. The van der Waals surface area contributed by atoms with Gasteiger partial charge in [0, 0.05) is 17.0 Å². The molecule has 2 heterocycles. The van der Waals surface area contributed by atoms with Crippen LogP contribution in [0.2, 0.25) is 0 Å². The number of urea groups is 1. The van der Waals surface area contributed by atoms with Crippen LogP contribution in [0.1, 0.15) is 24.2 Å². The first-order valence-electron chi connectivity index (χ1n) is 9.56. The molecule has 3 aromatic rings. The third kappa shape index (κ3) is 4.33. The second-order valence-electron chi connectivity index (χ2n) is 7.29. The lowest BCUT2D eigenvalue weighted by Crippen LogP contribution is -2.29. The summed E-state index contributed by atoms with van der Waals surface area (Å²) in [7, 11) is 0. The second-order valence-corrected chi connectivity index (χ2v) is 7.29. The number of aliphatic hydroxyl groups is 1. The van der Waals surface area contributed by atoms with Crippen molar-refractivity contribution in [2.24, 2.45) is 5.92 Å². The Labute approximate surface area is 170 Å². The van der Waals surface area contributed by atoms with Crippen molar-refractivity contribution in [1.29, 1.82) is 0 Å². The van der Waals surface area contributed by atoms with Crippen molar-refractivity contribution in [3.05, 3.63) is 47.5 Å². The Bertz CT molecular complexity index is 1070. The third-order valence-corrected chi connectivity index (χ3v) is 5.08. The van der Waals surface area contributed by atoms with Crippen molar-refractivity contribution in [3.63, 3.8) is 0 Å². The van der Waals surface area contributed by atoms with Gasteiger partial charge in [-0.25, -0.2) is 23.5 Å². The first kappa shape index (κ1) is 20.0. The van der Waals surface area contributed by atoms with E-state index < -0.39 is 17.7 Å². The van der Waals surface area contributed by atoms with Gasteiger partial charge >= 0.3 is 6.03 Å². The van der Waals surface area contributed by atoms with Crippen molar-refractivity contribution < 1.29 is 23.1 Å². The number of benzene rings is 1. The van der Waals surface area contributed by atoms with Crippen LogP contribution >= 0.6 is 0 Å². The van der Waals surface area contributed by atoms with Gasteiger partial charge in [-0.05, 0) is 31.7 Å². The Morgan fingerprint density at radius 2 is 2.03 bits per heavy atom. The molecule has 4 N–H and O–H groups in total. The predicted octanol–water partition coefficient (Wildman–Crippen LogP) is 3.31. The molecule has 1 aromatic carbocycles. The summed E-state index contributed by atoms with van der Waals surface area (Å²) in [6.07, 6.45) is 5.04. The average molecular weight is 417 g/mol. The molecule has 0 bridgehead atoms. The largest absolute Gasteiger partial charge is 0.456 e. The van der Waals surface area contributed by atoms with Crippen LogP contribution in [0.15, 0.2) is 28.9 Å². The summed E-state index contributed by atoms with van der Waals surface area (Å²) in [5.74, 6) is -0.343. The van der Waals surface area contributed by atoms with E-state index in [-0.39, 0.29) is 24.8 Å². The van der Waals surface area contributed by atoms with Gasteiger partial charge in [-0.3, -0.25) is 0 Å². The molecule has 10 heteroatoms. The molecule has 158 valence electrons. The van der Waals surface area contributed by atoms with Crippen molar-refractivity contribution in [2.45, 2.75) is 32.4 Å². The van der Waals surface area contributed by atoms with Gasteiger partial charge in [-0.15, -0.1) is 0 Å². The highest BCUT2D eigenvalue weighted by molar-refractivity contribution is 5.89. The summed E-state index contributed by atoms with van der Waals surface area (Å²) in [5.41, 5.74) is 0.881. The summed E-state index contributed by atoms with van der Waals surface area (Å²) in [6, 6.07) is 1.34. The maximum Gasteiger partial charge on any atom is 0.319 e. The molecule has 8 nitrogen and oxygen atoms in total. The number of fused-ring (bicyclic) bond motifs is 1. The molecule has 2 aromatic heterocycles. The van der Waals surface area contributed by atoms with Crippen molar-refractivity contribution >= 4 is 28.6 Å². The summed E-state index contributed by atoms with van der Waals surface area (Å²) < 4.78 is 32.7. The molecule has 2 amide bonds. The van der Waals surface area contributed by atoms with Gasteiger partial charge in [0.15, 0.2) is 11.4 Å². The topological polar surface area (TPSA) is 112 Å². The number of furan rings is 1. The van der Waals surface area contributed by atoms with E-state index in [2.05, 4.69) is 25.9 Å². The SMILES string of the molecule is Cc1c(CNC(=O)Nc2cnc(NC(CO)C3CC3)nc2)oc2c(F)cc(F)cc12. The highest BCUT2D eigenvalue weighted by atomic mass is 19.1. The molecular weight excluding hydrogens is 396 g/mol. The van der Waals surface area contributed by atoms with E-state index in [0.717, 1.165) is 18.9 Å². The molecule has 1 atom stereocenters. The molecule has 4 rings (SSSR count). The van der Waals surface area contributed by atoms with Gasteiger partial charge in [0.25, 0.3) is 0 Å². The van der Waals surface area contributed by atoms with E-state index in [1.165, 1.54) is 18.5 Å². The Morgan fingerprint density at radius 1 is 1.30 bits per heavy atom. The first-order chi connectivity index (χ1) is 14.4. The number of aryl methyl sites for hydroxylation is 1. The fourth-order valence-electron chi connectivity index (χ4n) is 3.24. The number of aliphatic hydroxyl groups excluding tert-OH is 1.